The smallest absolute Gasteiger partial charge is 0.147 e. The maximum atomic E-state index is 4.24. The van der Waals surface area contributed by atoms with Crippen molar-refractivity contribution in [1.82, 2.24) is 14.8 Å². The minimum absolute atomic E-state index is 0.890. The van der Waals surface area contributed by atoms with Gasteiger partial charge in [-0.05, 0) is 24.1 Å². The first-order chi connectivity index (χ1) is 7.34. The number of aromatic nitrogens is 3. The molecule has 0 aromatic carbocycles. The Hall–Kier alpha value is -1.84. The van der Waals surface area contributed by atoms with Gasteiger partial charge in [0.15, 0.2) is 0 Å². The molecule has 2 aromatic rings. The number of anilines is 1. The van der Waals surface area contributed by atoms with E-state index in [9.17, 15) is 0 Å². The van der Waals surface area contributed by atoms with Crippen molar-refractivity contribution in [3.05, 3.63) is 42.4 Å². The summed E-state index contributed by atoms with van der Waals surface area (Å²) < 4.78 is 1.79. The number of hydrogen-bond donors (Lipinski definition) is 1. The summed E-state index contributed by atoms with van der Waals surface area (Å²) in [5.41, 5.74) is 1.29. The third kappa shape index (κ3) is 2.80. The molecule has 0 aliphatic rings. The average molecular weight is 202 g/mol. The highest BCUT2D eigenvalue weighted by Gasteiger charge is 1.95. The van der Waals surface area contributed by atoms with Crippen molar-refractivity contribution in [3.8, 4) is 0 Å². The molecule has 4 heteroatoms. The first kappa shape index (κ1) is 9.71. The van der Waals surface area contributed by atoms with Crippen LogP contribution in [0.2, 0.25) is 0 Å². The van der Waals surface area contributed by atoms with Crippen molar-refractivity contribution < 1.29 is 0 Å². The van der Waals surface area contributed by atoms with Gasteiger partial charge >= 0.3 is 0 Å². The molecule has 0 saturated heterocycles. The van der Waals surface area contributed by atoms with Gasteiger partial charge < -0.3 is 5.32 Å². The van der Waals surface area contributed by atoms with Crippen LogP contribution in [0.5, 0.6) is 0 Å². The summed E-state index contributed by atoms with van der Waals surface area (Å²) in [6.45, 7) is 0.890. The van der Waals surface area contributed by atoms with Crippen LogP contribution in [0, 0.1) is 0 Å². The van der Waals surface area contributed by atoms with E-state index in [1.807, 2.05) is 43.8 Å². The zero-order valence-electron chi connectivity index (χ0n) is 8.72. The maximum absolute atomic E-state index is 4.24. The Kier molecular flexibility index (Phi) is 2.97. The van der Waals surface area contributed by atoms with Gasteiger partial charge in [-0.25, -0.2) is 0 Å². The van der Waals surface area contributed by atoms with Crippen LogP contribution in [0.15, 0.2) is 36.8 Å². The molecule has 78 valence electrons. The molecule has 0 saturated carbocycles. The number of aryl methyl sites for hydroxylation is 1. The van der Waals surface area contributed by atoms with Crippen LogP contribution in [0.3, 0.4) is 0 Å². The van der Waals surface area contributed by atoms with Gasteiger partial charge in [0.05, 0.1) is 0 Å². The number of rotatable bonds is 4. The van der Waals surface area contributed by atoms with E-state index in [1.165, 1.54) is 5.56 Å². The molecule has 0 fully saturated rings. The highest BCUT2D eigenvalue weighted by molar-refractivity contribution is 5.32. The van der Waals surface area contributed by atoms with E-state index in [1.54, 1.807) is 4.68 Å². The summed E-state index contributed by atoms with van der Waals surface area (Å²) in [6.07, 6.45) is 6.54. The van der Waals surface area contributed by atoms with Gasteiger partial charge in [-0.2, -0.15) is 5.10 Å². The van der Waals surface area contributed by atoms with E-state index in [0.29, 0.717) is 0 Å². The zero-order chi connectivity index (χ0) is 10.5. The lowest BCUT2D eigenvalue weighted by molar-refractivity contribution is 0.768. The van der Waals surface area contributed by atoms with Crippen LogP contribution >= 0.6 is 0 Å². The van der Waals surface area contributed by atoms with Crippen LogP contribution in [0.25, 0.3) is 0 Å². The summed E-state index contributed by atoms with van der Waals surface area (Å²) in [5, 5.41) is 7.50. The fourth-order valence-corrected chi connectivity index (χ4v) is 1.39. The monoisotopic (exact) mass is 202 g/mol. The Morgan fingerprint density at radius 3 is 2.73 bits per heavy atom. The molecule has 0 unspecified atom stereocenters. The van der Waals surface area contributed by atoms with Gasteiger partial charge in [-0.1, -0.05) is 0 Å². The second-order valence-corrected chi connectivity index (χ2v) is 3.41. The molecule has 0 amide bonds. The molecule has 2 aromatic heterocycles. The van der Waals surface area contributed by atoms with Crippen molar-refractivity contribution >= 4 is 5.82 Å². The fourth-order valence-electron chi connectivity index (χ4n) is 1.39. The Morgan fingerprint density at radius 1 is 1.27 bits per heavy atom. The van der Waals surface area contributed by atoms with Gasteiger partial charge in [0, 0.05) is 38.2 Å². The van der Waals surface area contributed by atoms with Crippen molar-refractivity contribution in [3.63, 3.8) is 0 Å². The second-order valence-electron chi connectivity index (χ2n) is 3.41. The standard InChI is InChI=1S/C11H14N4/c1-15-9-5-11(14-15)13-8-4-10-2-6-12-7-3-10/h2-3,5-7,9H,4,8H2,1H3,(H,13,14). The molecular weight excluding hydrogens is 188 g/mol. The van der Waals surface area contributed by atoms with Gasteiger partial charge in [-0.15, -0.1) is 0 Å². The van der Waals surface area contributed by atoms with Crippen molar-refractivity contribution in [2.75, 3.05) is 11.9 Å². The number of hydrogen-bond acceptors (Lipinski definition) is 3. The first-order valence-corrected chi connectivity index (χ1v) is 4.97. The molecule has 2 heterocycles. The van der Waals surface area contributed by atoms with Gasteiger partial charge in [0.25, 0.3) is 0 Å². The van der Waals surface area contributed by atoms with Crippen molar-refractivity contribution in [2.24, 2.45) is 7.05 Å². The molecule has 0 aliphatic heterocycles. The van der Waals surface area contributed by atoms with Crippen LogP contribution < -0.4 is 5.32 Å². The van der Waals surface area contributed by atoms with Crippen molar-refractivity contribution in [2.45, 2.75) is 6.42 Å². The normalized spacial score (nSPS) is 10.2. The maximum Gasteiger partial charge on any atom is 0.147 e. The third-order valence-electron chi connectivity index (χ3n) is 2.18. The summed E-state index contributed by atoms with van der Waals surface area (Å²) in [6, 6.07) is 6.02. The topological polar surface area (TPSA) is 42.7 Å². The van der Waals surface area contributed by atoms with Gasteiger partial charge in [-0.3, -0.25) is 9.67 Å². The molecule has 1 N–H and O–H groups in total. The first-order valence-electron chi connectivity index (χ1n) is 4.97. The Morgan fingerprint density at radius 2 is 2.07 bits per heavy atom. The molecule has 0 aliphatic carbocycles. The Bertz CT molecular complexity index is 408. The highest BCUT2D eigenvalue weighted by Crippen LogP contribution is 2.02. The number of nitrogens with zero attached hydrogens (tertiary/aromatic N) is 3. The molecule has 0 radical (unpaired) electrons. The molecule has 4 nitrogen and oxygen atoms in total. The molecule has 0 bridgehead atoms. The van der Waals surface area contributed by atoms with E-state index >= 15 is 0 Å². The lowest BCUT2D eigenvalue weighted by Gasteiger charge is -2.02. The van der Waals surface area contributed by atoms with E-state index in [-0.39, 0.29) is 0 Å². The van der Waals surface area contributed by atoms with Crippen LogP contribution in [0.1, 0.15) is 5.56 Å². The largest absolute Gasteiger partial charge is 0.368 e. The fraction of sp³-hybridized carbons (Fsp3) is 0.273. The van der Waals surface area contributed by atoms with Gasteiger partial charge in [0.1, 0.15) is 5.82 Å². The summed E-state index contributed by atoms with van der Waals surface area (Å²) in [7, 11) is 1.91. The number of pyridine rings is 1. The third-order valence-corrected chi connectivity index (χ3v) is 2.18. The molecule has 0 spiro atoms. The summed E-state index contributed by atoms with van der Waals surface area (Å²) >= 11 is 0. The predicted molar refractivity (Wildman–Crippen MR) is 59.6 cm³/mol. The second kappa shape index (κ2) is 4.59. The molecular formula is C11H14N4. The number of nitrogens with one attached hydrogen (secondary N) is 1. The Balaban J connectivity index is 1.80. The van der Waals surface area contributed by atoms with Crippen LogP contribution in [0.4, 0.5) is 5.82 Å². The molecule has 15 heavy (non-hydrogen) atoms. The highest BCUT2D eigenvalue weighted by atomic mass is 15.3. The van der Waals surface area contributed by atoms with E-state index < -0.39 is 0 Å². The lowest BCUT2D eigenvalue weighted by atomic mass is 10.2. The van der Waals surface area contributed by atoms with Crippen LogP contribution in [-0.2, 0) is 13.5 Å². The predicted octanol–water partition coefficient (Wildman–Crippen LogP) is 1.47. The molecule has 2 rings (SSSR count). The van der Waals surface area contributed by atoms with E-state index in [4.69, 9.17) is 0 Å². The SMILES string of the molecule is Cn1ccc(NCCc2ccncc2)n1. The minimum atomic E-state index is 0.890. The summed E-state index contributed by atoms with van der Waals surface area (Å²) in [5.74, 6) is 0.923. The quantitative estimate of drug-likeness (QED) is 0.816. The van der Waals surface area contributed by atoms with Gasteiger partial charge in [0.2, 0.25) is 0 Å². The summed E-state index contributed by atoms with van der Waals surface area (Å²) in [4.78, 5) is 3.98. The zero-order valence-corrected chi connectivity index (χ0v) is 8.72. The average Bonchev–Trinajstić information content (AvgIpc) is 2.66. The minimum Gasteiger partial charge on any atom is -0.368 e. The lowest BCUT2D eigenvalue weighted by Crippen LogP contribution is -2.05. The van der Waals surface area contributed by atoms with E-state index in [2.05, 4.69) is 15.4 Å². The van der Waals surface area contributed by atoms with E-state index in [0.717, 1.165) is 18.8 Å². The Labute approximate surface area is 89.0 Å². The molecule has 0 atom stereocenters. The van der Waals surface area contributed by atoms with Crippen molar-refractivity contribution in [1.29, 1.82) is 0 Å². The van der Waals surface area contributed by atoms with Crippen LogP contribution in [-0.4, -0.2) is 21.3 Å².